The smallest absolute Gasteiger partial charge is 0.243 e. The van der Waals surface area contributed by atoms with Crippen LogP contribution < -0.4 is 11.1 Å². The van der Waals surface area contributed by atoms with Gasteiger partial charge in [0, 0.05) is 37.5 Å². The number of likely N-dealkylation sites (tertiary alicyclic amines) is 1. The van der Waals surface area contributed by atoms with Gasteiger partial charge >= 0.3 is 0 Å². The van der Waals surface area contributed by atoms with Crippen LogP contribution in [-0.4, -0.2) is 50.3 Å². The quantitative estimate of drug-likeness (QED) is 0.405. The van der Waals surface area contributed by atoms with E-state index in [0.717, 1.165) is 23.4 Å². The van der Waals surface area contributed by atoms with Gasteiger partial charge in [-0.3, -0.25) is 14.6 Å². The largest absolute Gasteiger partial charge is 0.351 e. The van der Waals surface area contributed by atoms with Crippen molar-refractivity contribution in [3.05, 3.63) is 84.2 Å². The Balaban J connectivity index is 0.00000204. The SMILES string of the molecule is Cl.Cl.Cl.N[C@@H](Cc1c[nH]cn1)C(=O)N1CCC[C@H]1C(=O)N[C@@H](Cc1ccccn1)c1ccccc1. The summed E-state index contributed by atoms with van der Waals surface area (Å²) >= 11 is 0. The van der Waals surface area contributed by atoms with Crippen LogP contribution >= 0.6 is 37.2 Å². The first-order valence-corrected chi connectivity index (χ1v) is 10.9. The summed E-state index contributed by atoms with van der Waals surface area (Å²) < 4.78 is 0. The number of amides is 2. The molecule has 0 aliphatic carbocycles. The summed E-state index contributed by atoms with van der Waals surface area (Å²) in [6.45, 7) is 0.529. The van der Waals surface area contributed by atoms with Gasteiger partial charge in [0.25, 0.3) is 0 Å². The van der Waals surface area contributed by atoms with Gasteiger partial charge in [-0.05, 0) is 30.5 Å². The van der Waals surface area contributed by atoms with E-state index in [0.29, 0.717) is 25.8 Å². The molecular formula is C24H31Cl3N6O2. The number of hydrogen-bond donors (Lipinski definition) is 3. The van der Waals surface area contributed by atoms with Crippen molar-refractivity contribution in [2.75, 3.05) is 6.54 Å². The van der Waals surface area contributed by atoms with E-state index in [2.05, 4.69) is 20.3 Å². The van der Waals surface area contributed by atoms with E-state index < -0.39 is 12.1 Å². The van der Waals surface area contributed by atoms with Gasteiger partial charge in [0.05, 0.1) is 24.1 Å². The highest BCUT2D eigenvalue weighted by Gasteiger charge is 2.37. The standard InChI is InChI=1S/C24H28N6O2.3ClH/c25-20(13-19-15-26-16-28-19)24(32)30-12-6-10-22(30)23(31)29-21(17-7-2-1-3-8-17)14-18-9-4-5-11-27-18;;;/h1-5,7-9,11,15-16,20-22H,6,10,12-14,25H2,(H,26,28)(H,29,31);3*1H/t20-,21-,22-;;;/m0.../s1. The molecule has 1 aromatic carbocycles. The number of aromatic amines is 1. The first-order chi connectivity index (χ1) is 15.6. The Morgan fingerprint density at radius 1 is 1.03 bits per heavy atom. The molecule has 0 spiro atoms. The van der Waals surface area contributed by atoms with Crippen molar-refractivity contribution < 1.29 is 9.59 Å². The van der Waals surface area contributed by atoms with E-state index in [4.69, 9.17) is 5.73 Å². The Hall–Kier alpha value is -2.65. The highest BCUT2D eigenvalue weighted by Crippen LogP contribution is 2.22. The Bertz CT molecular complexity index is 1020. The fourth-order valence-electron chi connectivity index (χ4n) is 4.16. The summed E-state index contributed by atoms with van der Waals surface area (Å²) in [6, 6.07) is 14.1. The lowest BCUT2D eigenvalue weighted by molar-refractivity contribution is -0.139. The second kappa shape index (κ2) is 14.7. The van der Waals surface area contributed by atoms with Gasteiger partial charge in [0.15, 0.2) is 0 Å². The van der Waals surface area contributed by atoms with Crippen LogP contribution in [0.25, 0.3) is 0 Å². The van der Waals surface area contributed by atoms with Crippen LogP contribution in [0.4, 0.5) is 0 Å². The summed E-state index contributed by atoms with van der Waals surface area (Å²) in [5, 5.41) is 3.16. The van der Waals surface area contributed by atoms with E-state index in [1.54, 1.807) is 23.6 Å². The molecule has 4 N–H and O–H groups in total. The highest BCUT2D eigenvalue weighted by atomic mass is 35.5. The number of hydrogen-bond acceptors (Lipinski definition) is 5. The molecule has 0 saturated carbocycles. The van der Waals surface area contributed by atoms with Gasteiger partial charge in [-0.2, -0.15) is 0 Å². The maximum absolute atomic E-state index is 13.3. The minimum Gasteiger partial charge on any atom is -0.351 e. The van der Waals surface area contributed by atoms with Gasteiger partial charge in [-0.25, -0.2) is 4.98 Å². The molecule has 0 unspecified atom stereocenters. The minimum absolute atomic E-state index is 0. The third kappa shape index (κ3) is 7.93. The molecule has 190 valence electrons. The fourth-order valence-corrected chi connectivity index (χ4v) is 4.16. The van der Waals surface area contributed by atoms with Crippen LogP contribution in [0.2, 0.25) is 0 Å². The number of nitrogens with zero attached hydrogens (tertiary/aromatic N) is 3. The molecule has 8 nitrogen and oxygen atoms in total. The van der Waals surface area contributed by atoms with Crippen molar-refractivity contribution >= 4 is 49.0 Å². The molecule has 35 heavy (non-hydrogen) atoms. The van der Waals surface area contributed by atoms with E-state index in [-0.39, 0.29) is 55.1 Å². The van der Waals surface area contributed by atoms with E-state index in [9.17, 15) is 9.59 Å². The lowest BCUT2D eigenvalue weighted by atomic mass is 10.0. The molecule has 3 atom stereocenters. The van der Waals surface area contributed by atoms with Crippen LogP contribution in [0.1, 0.15) is 35.8 Å². The number of carbonyl (C=O) groups excluding carboxylic acids is 2. The lowest BCUT2D eigenvalue weighted by Crippen LogP contribution is -2.52. The van der Waals surface area contributed by atoms with E-state index >= 15 is 0 Å². The third-order valence-electron chi connectivity index (χ3n) is 5.80. The zero-order valence-corrected chi connectivity index (χ0v) is 21.5. The van der Waals surface area contributed by atoms with Gasteiger partial charge in [0.1, 0.15) is 6.04 Å². The molecule has 1 aliphatic rings. The average molecular weight is 542 g/mol. The van der Waals surface area contributed by atoms with Crippen molar-refractivity contribution in [2.45, 2.75) is 43.8 Å². The van der Waals surface area contributed by atoms with Crippen LogP contribution in [0.15, 0.2) is 67.3 Å². The monoisotopic (exact) mass is 540 g/mol. The third-order valence-corrected chi connectivity index (χ3v) is 5.80. The molecule has 4 rings (SSSR count). The van der Waals surface area contributed by atoms with Crippen LogP contribution in [0, 0.1) is 0 Å². The Labute approximate surface area is 223 Å². The molecule has 11 heteroatoms. The molecule has 2 amide bonds. The molecular weight excluding hydrogens is 511 g/mol. The number of carbonyl (C=O) groups is 2. The molecule has 3 heterocycles. The molecule has 1 fully saturated rings. The first kappa shape index (κ1) is 30.4. The minimum atomic E-state index is -0.731. The zero-order valence-electron chi connectivity index (χ0n) is 19.1. The van der Waals surface area contributed by atoms with Crippen LogP contribution in [-0.2, 0) is 22.4 Å². The number of pyridine rings is 1. The Morgan fingerprint density at radius 2 is 1.77 bits per heavy atom. The molecule has 1 aliphatic heterocycles. The van der Waals surface area contributed by atoms with Crippen molar-refractivity contribution in [3.63, 3.8) is 0 Å². The fraction of sp³-hybridized carbons (Fsp3) is 0.333. The molecule has 3 aromatic rings. The summed E-state index contributed by atoms with van der Waals surface area (Å²) in [5.41, 5.74) is 8.78. The number of benzene rings is 1. The van der Waals surface area contributed by atoms with E-state index in [1.807, 2.05) is 48.5 Å². The maximum Gasteiger partial charge on any atom is 0.243 e. The van der Waals surface area contributed by atoms with Gasteiger partial charge in [-0.15, -0.1) is 37.2 Å². The van der Waals surface area contributed by atoms with E-state index in [1.165, 1.54) is 0 Å². The number of aromatic nitrogens is 3. The zero-order chi connectivity index (χ0) is 22.3. The number of halogens is 3. The summed E-state index contributed by atoms with van der Waals surface area (Å²) in [4.78, 5) is 39.3. The van der Waals surface area contributed by atoms with Gasteiger partial charge in [-0.1, -0.05) is 36.4 Å². The van der Waals surface area contributed by atoms with Gasteiger partial charge in [0.2, 0.25) is 11.8 Å². The second-order valence-corrected chi connectivity index (χ2v) is 8.06. The van der Waals surface area contributed by atoms with Crippen LogP contribution in [0.3, 0.4) is 0 Å². The number of nitrogens with two attached hydrogens (primary N) is 1. The number of H-pyrrole nitrogens is 1. The topological polar surface area (TPSA) is 117 Å². The predicted molar refractivity (Wildman–Crippen MR) is 142 cm³/mol. The molecule has 0 radical (unpaired) electrons. The number of rotatable bonds is 8. The predicted octanol–water partition coefficient (Wildman–Crippen LogP) is 3.03. The van der Waals surface area contributed by atoms with Crippen molar-refractivity contribution in [2.24, 2.45) is 5.73 Å². The van der Waals surface area contributed by atoms with Crippen molar-refractivity contribution in [1.82, 2.24) is 25.2 Å². The maximum atomic E-state index is 13.3. The average Bonchev–Trinajstić information content (AvgIpc) is 3.51. The number of imidazole rings is 1. The first-order valence-electron chi connectivity index (χ1n) is 10.9. The van der Waals surface area contributed by atoms with Crippen molar-refractivity contribution in [1.29, 1.82) is 0 Å². The summed E-state index contributed by atoms with van der Waals surface area (Å²) in [5.74, 6) is -0.376. The molecule has 0 bridgehead atoms. The normalized spacial score (nSPS) is 16.1. The van der Waals surface area contributed by atoms with Crippen molar-refractivity contribution in [3.8, 4) is 0 Å². The molecule has 1 saturated heterocycles. The summed E-state index contributed by atoms with van der Waals surface area (Å²) in [6.07, 6.45) is 7.33. The summed E-state index contributed by atoms with van der Waals surface area (Å²) in [7, 11) is 0. The number of nitrogens with one attached hydrogen (secondary N) is 2. The second-order valence-electron chi connectivity index (χ2n) is 8.06. The van der Waals surface area contributed by atoms with Gasteiger partial charge < -0.3 is 20.9 Å². The highest BCUT2D eigenvalue weighted by molar-refractivity contribution is 5.90. The Morgan fingerprint density at radius 3 is 2.43 bits per heavy atom. The van der Waals surface area contributed by atoms with Crippen LogP contribution in [0.5, 0.6) is 0 Å². The Kier molecular flexibility index (Phi) is 12.7. The lowest BCUT2D eigenvalue weighted by Gasteiger charge is -2.28. The molecule has 2 aromatic heterocycles.